The van der Waals surface area contributed by atoms with Crippen LogP contribution in [0.2, 0.25) is 0 Å². The Bertz CT molecular complexity index is 1120. The van der Waals surface area contributed by atoms with Gasteiger partial charge in [0.1, 0.15) is 55.4 Å². The van der Waals surface area contributed by atoms with E-state index in [9.17, 15) is 45.3 Å². The van der Waals surface area contributed by atoms with E-state index in [1.54, 1.807) is 0 Å². The number of rotatable bonds is 32. The second-order valence-electron chi connectivity index (χ2n) is 15.5. The third-order valence-electron chi connectivity index (χ3n) is 10.4. The minimum Gasteiger partial charge on any atom is -0.462 e. The third-order valence-corrected chi connectivity index (χ3v) is 10.4. The van der Waals surface area contributed by atoms with Crippen molar-refractivity contribution in [3.63, 3.8) is 0 Å². The topological polar surface area (TPSA) is 231 Å². The molecule has 58 heavy (non-hydrogen) atoms. The molecule has 2 aliphatic heterocycles. The second-order valence-corrected chi connectivity index (χ2v) is 15.5. The molecule has 0 radical (unpaired) electrons. The Hall–Kier alpha value is -2.02. The molecule has 11 atom stereocenters. The Morgan fingerprint density at radius 1 is 0.552 bits per heavy atom. The highest BCUT2D eigenvalue weighted by Gasteiger charge is 2.47. The molecule has 2 aliphatic rings. The van der Waals surface area contributed by atoms with Crippen LogP contribution in [-0.4, -0.2) is 142 Å². The first-order valence-corrected chi connectivity index (χ1v) is 21.9. The van der Waals surface area contributed by atoms with Crippen molar-refractivity contribution in [3.05, 3.63) is 24.3 Å². The van der Waals surface area contributed by atoms with E-state index >= 15 is 0 Å². The van der Waals surface area contributed by atoms with Gasteiger partial charge in [0.15, 0.2) is 18.7 Å². The molecule has 0 aromatic rings. The number of esters is 2. The quantitative estimate of drug-likeness (QED) is 0.0288. The molecule has 2 saturated heterocycles. The molecule has 0 saturated carbocycles. The molecule has 4 unspecified atom stereocenters. The first-order valence-electron chi connectivity index (χ1n) is 21.9. The van der Waals surface area contributed by atoms with Gasteiger partial charge in [-0.2, -0.15) is 0 Å². The van der Waals surface area contributed by atoms with Gasteiger partial charge in [0, 0.05) is 12.8 Å². The number of hydrogen-bond acceptors (Lipinski definition) is 15. The lowest BCUT2D eigenvalue weighted by atomic mass is 9.98. The molecule has 0 aromatic carbocycles. The summed E-state index contributed by atoms with van der Waals surface area (Å²) in [6.07, 6.45) is 11.0. The Kier molecular flexibility index (Phi) is 28.6. The van der Waals surface area contributed by atoms with E-state index in [-0.39, 0.29) is 26.1 Å². The first kappa shape index (κ1) is 52.1. The normalized spacial score (nSPS) is 28.3. The monoisotopic (exact) mass is 833 g/mol. The number of unbranched alkanes of at least 4 members (excludes halogenated alkanes) is 14. The van der Waals surface area contributed by atoms with Crippen LogP contribution in [0.15, 0.2) is 24.3 Å². The molecule has 15 nitrogen and oxygen atoms in total. The zero-order valence-corrected chi connectivity index (χ0v) is 35.0. The Morgan fingerprint density at radius 2 is 1.05 bits per heavy atom. The highest BCUT2D eigenvalue weighted by Crippen LogP contribution is 2.26. The summed E-state index contributed by atoms with van der Waals surface area (Å²) in [5, 5.41) is 71.7. The highest BCUT2D eigenvalue weighted by molar-refractivity contribution is 5.70. The van der Waals surface area contributed by atoms with E-state index in [0.717, 1.165) is 64.2 Å². The van der Waals surface area contributed by atoms with Gasteiger partial charge in [-0.05, 0) is 38.5 Å². The summed E-state index contributed by atoms with van der Waals surface area (Å²) in [5.41, 5.74) is 0. The smallest absolute Gasteiger partial charge is 0.306 e. The number of aliphatic hydroxyl groups excluding tert-OH is 7. The molecule has 7 N–H and O–H groups in total. The summed E-state index contributed by atoms with van der Waals surface area (Å²) < 4.78 is 33.3. The van der Waals surface area contributed by atoms with E-state index in [0.29, 0.717) is 12.8 Å². The first-order chi connectivity index (χ1) is 28.0. The van der Waals surface area contributed by atoms with Crippen molar-refractivity contribution in [1.82, 2.24) is 0 Å². The Morgan fingerprint density at radius 3 is 1.66 bits per heavy atom. The van der Waals surface area contributed by atoms with Gasteiger partial charge in [-0.15, -0.1) is 0 Å². The van der Waals surface area contributed by atoms with Crippen LogP contribution in [0.3, 0.4) is 0 Å². The number of carbonyl (C=O) groups is 2. The van der Waals surface area contributed by atoms with Crippen molar-refractivity contribution >= 4 is 11.9 Å². The lowest BCUT2D eigenvalue weighted by molar-refractivity contribution is -0.332. The van der Waals surface area contributed by atoms with E-state index in [2.05, 4.69) is 38.2 Å². The maximum Gasteiger partial charge on any atom is 0.306 e. The third kappa shape index (κ3) is 21.0. The fraction of sp³-hybridized carbons (Fsp3) is 0.860. The maximum absolute atomic E-state index is 12.8. The molecular weight excluding hydrogens is 756 g/mol. The average molecular weight is 833 g/mol. The fourth-order valence-electron chi connectivity index (χ4n) is 6.70. The minimum absolute atomic E-state index is 0.163. The number of hydrogen-bond donors (Lipinski definition) is 7. The van der Waals surface area contributed by atoms with Crippen LogP contribution in [0.1, 0.15) is 142 Å². The van der Waals surface area contributed by atoms with Gasteiger partial charge in [0.2, 0.25) is 0 Å². The van der Waals surface area contributed by atoms with Gasteiger partial charge in [0.25, 0.3) is 0 Å². The summed E-state index contributed by atoms with van der Waals surface area (Å²) in [7, 11) is 0. The zero-order valence-electron chi connectivity index (χ0n) is 35.0. The van der Waals surface area contributed by atoms with Crippen LogP contribution in [0.4, 0.5) is 0 Å². The van der Waals surface area contributed by atoms with Crippen molar-refractivity contribution in [2.45, 2.75) is 210 Å². The van der Waals surface area contributed by atoms with E-state index in [1.807, 2.05) is 0 Å². The molecule has 2 heterocycles. The van der Waals surface area contributed by atoms with Crippen molar-refractivity contribution in [2.75, 3.05) is 26.4 Å². The summed E-state index contributed by atoms with van der Waals surface area (Å²) >= 11 is 0. The molecule has 338 valence electrons. The van der Waals surface area contributed by atoms with Gasteiger partial charge in [-0.25, -0.2) is 0 Å². The lowest BCUT2D eigenvalue weighted by Crippen LogP contribution is -2.61. The van der Waals surface area contributed by atoms with Gasteiger partial charge >= 0.3 is 11.9 Å². The molecule has 0 amide bonds. The molecule has 0 aliphatic carbocycles. The maximum atomic E-state index is 12.8. The van der Waals surface area contributed by atoms with Crippen LogP contribution in [-0.2, 0) is 38.0 Å². The predicted octanol–water partition coefficient (Wildman–Crippen LogP) is 4.04. The summed E-state index contributed by atoms with van der Waals surface area (Å²) in [6, 6.07) is 0. The van der Waals surface area contributed by atoms with Crippen LogP contribution in [0.5, 0.6) is 0 Å². The van der Waals surface area contributed by atoms with Gasteiger partial charge in [-0.1, -0.05) is 115 Å². The Labute approximate surface area is 345 Å². The fourth-order valence-corrected chi connectivity index (χ4v) is 6.70. The molecule has 2 fully saturated rings. The molecule has 0 aromatic heterocycles. The van der Waals surface area contributed by atoms with Crippen molar-refractivity contribution in [3.8, 4) is 0 Å². The van der Waals surface area contributed by atoms with Crippen LogP contribution in [0, 0.1) is 0 Å². The molecule has 0 bridgehead atoms. The van der Waals surface area contributed by atoms with Crippen molar-refractivity contribution in [2.24, 2.45) is 0 Å². The number of carbonyl (C=O) groups excluding carboxylic acids is 2. The second kappa shape index (κ2) is 31.8. The van der Waals surface area contributed by atoms with Gasteiger partial charge < -0.3 is 64.2 Å². The van der Waals surface area contributed by atoms with Crippen LogP contribution < -0.4 is 0 Å². The summed E-state index contributed by atoms with van der Waals surface area (Å²) in [5.74, 6) is -0.947. The van der Waals surface area contributed by atoms with Crippen molar-refractivity contribution < 1.29 is 73.8 Å². The van der Waals surface area contributed by atoms with E-state index in [1.165, 1.54) is 38.5 Å². The van der Waals surface area contributed by atoms with Crippen LogP contribution in [0.25, 0.3) is 0 Å². The number of ether oxygens (including phenoxy) is 6. The van der Waals surface area contributed by atoms with E-state index in [4.69, 9.17) is 28.4 Å². The Balaban J connectivity index is 1.86. The highest BCUT2D eigenvalue weighted by atomic mass is 16.7. The van der Waals surface area contributed by atoms with Crippen LogP contribution >= 0.6 is 0 Å². The number of aliphatic hydroxyl groups is 7. The molecule has 15 heteroatoms. The summed E-state index contributed by atoms with van der Waals surface area (Å²) in [6.45, 7) is 2.46. The standard InChI is InChI=1S/C43H76O15/c1-3-5-7-9-11-13-14-15-16-17-18-20-21-23-25-34(45)53-28-31(56-35(46)26-24-22-19-12-10-8-6-4-2)29-54-42-41(52)39(50)37(48)33(58-42)30-55-43-40(51)38(49)36(47)32(27-44)57-43/h9,11,14-15,31-33,36-44,47-52H,3-8,10,12-13,16-30H2,1-2H3/b11-9+,15-14+/t31-,32-,33-,36+,37+,38?,39?,40?,41?,42-,43-/m1/s1. The molecule has 0 spiro atoms. The predicted molar refractivity (Wildman–Crippen MR) is 215 cm³/mol. The average Bonchev–Trinajstić information content (AvgIpc) is 3.21. The van der Waals surface area contributed by atoms with E-state index < -0.39 is 92.7 Å². The molecular formula is C43H76O15. The van der Waals surface area contributed by atoms with Gasteiger partial charge in [-0.3, -0.25) is 9.59 Å². The SMILES string of the molecule is CCCC/C=C/C/C=C/CCCCCCCC(=O)OC[C@H](CO[C@@H]1O[C@H](CO[C@@H]2O[C@H](CO)[C@H](O)C(O)C2O)[C@H](O)C(O)C1O)OC(=O)CCCCCCCCCC. The number of allylic oxidation sites excluding steroid dienone is 4. The van der Waals surface area contributed by atoms with Crippen molar-refractivity contribution in [1.29, 1.82) is 0 Å². The largest absolute Gasteiger partial charge is 0.462 e. The zero-order chi connectivity index (χ0) is 42.5. The molecule has 2 rings (SSSR count). The van der Waals surface area contributed by atoms with Gasteiger partial charge in [0.05, 0.1) is 19.8 Å². The summed E-state index contributed by atoms with van der Waals surface area (Å²) in [4.78, 5) is 25.5. The lowest BCUT2D eigenvalue weighted by Gasteiger charge is -2.42. The minimum atomic E-state index is -1.76.